The molecule has 2 aliphatic rings. The summed E-state index contributed by atoms with van der Waals surface area (Å²) >= 11 is 0. The van der Waals surface area contributed by atoms with Gasteiger partial charge in [-0.2, -0.15) is 0 Å². The van der Waals surface area contributed by atoms with Crippen molar-refractivity contribution in [3.63, 3.8) is 0 Å². The lowest BCUT2D eigenvalue weighted by molar-refractivity contribution is -0.320. The molecule has 0 spiro atoms. The zero-order valence-electron chi connectivity index (χ0n) is 17.0. The minimum absolute atomic E-state index is 0.00581. The first kappa shape index (κ1) is 21.5. The number of Topliss-reactive ketones (excluding diaryl/α,β-unsaturated/α-hetero) is 1. The van der Waals surface area contributed by atoms with Gasteiger partial charge in [-0.1, -0.05) is 30.3 Å². The summed E-state index contributed by atoms with van der Waals surface area (Å²) in [6, 6.07) is 9.70. The second-order valence-corrected chi connectivity index (χ2v) is 7.51. The molecule has 0 amide bonds. The van der Waals surface area contributed by atoms with Gasteiger partial charge < -0.3 is 23.7 Å². The van der Waals surface area contributed by atoms with Gasteiger partial charge in [-0.05, 0) is 20.8 Å². The van der Waals surface area contributed by atoms with Crippen LogP contribution in [0, 0.1) is 0 Å². The molecule has 0 unspecified atom stereocenters. The molecular formula is C22H28O7. The SMILES string of the molecule is CCOC(=O)/C=C/O[C@@H]1C[C@@H]2O[C@H](c3ccccc3)OC[C@H]2O[C@@]1(C)CC(C)=O. The largest absolute Gasteiger partial charge is 0.495 e. The molecule has 1 aromatic rings. The van der Waals surface area contributed by atoms with Crippen molar-refractivity contribution in [3.8, 4) is 0 Å². The normalized spacial score (nSPS) is 31.8. The van der Waals surface area contributed by atoms with E-state index in [9.17, 15) is 9.59 Å². The maximum atomic E-state index is 11.8. The van der Waals surface area contributed by atoms with Gasteiger partial charge in [0.2, 0.25) is 0 Å². The summed E-state index contributed by atoms with van der Waals surface area (Å²) in [5.74, 6) is -0.490. The summed E-state index contributed by atoms with van der Waals surface area (Å²) in [5, 5.41) is 0. The zero-order chi connectivity index (χ0) is 20.9. The predicted molar refractivity (Wildman–Crippen MR) is 104 cm³/mol. The van der Waals surface area contributed by atoms with Gasteiger partial charge in [0, 0.05) is 18.4 Å². The Hall–Kier alpha value is -2.22. The van der Waals surface area contributed by atoms with Gasteiger partial charge >= 0.3 is 5.97 Å². The first-order valence-corrected chi connectivity index (χ1v) is 9.89. The highest BCUT2D eigenvalue weighted by Crippen LogP contribution is 2.40. The van der Waals surface area contributed by atoms with Crippen LogP contribution in [0.4, 0.5) is 0 Å². The van der Waals surface area contributed by atoms with E-state index in [1.165, 1.54) is 19.3 Å². The predicted octanol–water partition coefficient (Wildman–Crippen LogP) is 3.09. The molecule has 2 heterocycles. The summed E-state index contributed by atoms with van der Waals surface area (Å²) < 4.78 is 28.9. The first-order chi connectivity index (χ1) is 13.9. The second-order valence-electron chi connectivity index (χ2n) is 7.51. The highest BCUT2D eigenvalue weighted by molar-refractivity contribution is 5.81. The second kappa shape index (κ2) is 9.52. The maximum Gasteiger partial charge on any atom is 0.333 e. The average molecular weight is 404 g/mol. The first-order valence-electron chi connectivity index (χ1n) is 9.89. The molecule has 3 rings (SSSR count). The number of esters is 1. The van der Waals surface area contributed by atoms with E-state index in [0.29, 0.717) is 13.0 Å². The molecule has 0 saturated carbocycles. The third-order valence-electron chi connectivity index (χ3n) is 5.08. The van der Waals surface area contributed by atoms with Gasteiger partial charge in [-0.25, -0.2) is 4.79 Å². The fourth-order valence-corrected chi connectivity index (χ4v) is 3.79. The van der Waals surface area contributed by atoms with Crippen LogP contribution >= 0.6 is 0 Å². The van der Waals surface area contributed by atoms with E-state index in [1.807, 2.05) is 37.3 Å². The number of benzene rings is 1. The van der Waals surface area contributed by atoms with Gasteiger partial charge in [0.25, 0.3) is 0 Å². The van der Waals surface area contributed by atoms with Crippen LogP contribution in [0.1, 0.15) is 45.5 Å². The van der Waals surface area contributed by atoms with Crippen LogP contribution in [0.3, 0.4) is 0 Å². The lowest BCUT2D eigenvalue weighted by Crippen LogP contribution is -2.59. The van der Waals surface area contributed by atoms with Crippen LogP contribution in [0.25, 0.3) is 0 Å². The van der Waals surface area contributed by atoms with Crippen molar-refractivity contribution in [3.05, 3.63) is 48.2 Å². The topological polar surface area (TPSA) is 80.3 Å². The maximum absolute atomic E-state index is 11.8. The summed E-state index contributed by atoms with van der Waals surface area (Å²) in [5.41, 5.74) is 0.0841. The molecular weight excluding hydrogens is 376 g/mol. The van der Waals surface area contributed by atoms with Crippen LogP contribution in [0.2, 0.25) is 0 Å². The Kier molecular flexibility index (Phi) is 7.05. The summed E-state index contributed by atoms with van der Waals surface area (Å²) in [6.07, 6.45) is 1.73. The van der Waals surface area contributed by atoms with Crippen molar-refractivity contribution in [1.29, 1.82) is 0 Å². The smallest absolute Gasteiger partial charge is 0.333 e. The third kappa shape index (κ3) is 5.44. The number of fused-ring (bicyclic) bond motifs is 1. The van der Waals surface area contributed by atoms with Gasteiger partial charge in [-0.15, -0.1) is 0 Å². The molecule has 1 aromatic carbocycles. The number of rotatable bonds is 7. The van der Waals surface area contributed by atoms with Crippen LogP contribution in [-0.2, 0) is 33.3 Å². The summed E-state index contributed by atoms with van der Waals surface area (Å²) in [6.45, 7) is 5.75. The number of carbonyl (C=O) groups excluding carboxylic acids is 2. The molecule has 0 N–H and O–H groups in total. The van der Waals surface area contributed by atoms with Crippen LogP contribution in [-0.4, -0.2) is 48.9 Å². The number of ether oxygens (including phenoxy) is 5. The van der Waals surface area contributed by atoms with E-state index in [-0.39, 0.29) is 31.0 Å². The van der Waals surface area contributed by atoms with Gasteiger partial charge in [-0.3, -0.25) is 4.79 Å². The lowest BCUT2D eigenvalue weighted by atomic mass is 9.84. The molecule has 2 fully saturated rings. The molecule has 2 aliphatic heterocycles. The Morgan fingerprint density at radius 2 is 2.00 bits per heavy atom. The molecule has 2 saturated heterocycles. The highest BCUT2D eigenvalue weighted by atomic mass is 16.7. The molecule has 29 heavy (non-hydrogen) atoms. The lowest BCUT2D eigenvalue weighted by Gasteiger charge is -2.49. The fourth-order valence-electron chi connectivity index (χ4n) is 3.79. The van der Waals surface area contributed by atoms with Crippen molar-refractivity contribution in [1.82, 2.24) is 0 Å². The van der Waals surface area contributed by atoms with E-state index in [1.54, 1.807) is 6.92 Å². The monoisotopic (exact) mass is 404 g/mol. The Morgan fingerprint density at radius 3 is 2.69 bits per heavy atom. The van der Waals surface area contributed by atoms with Crippen LogP contribution < -0.4 is 0 Å². The third-order valence-corrected chi connectivity index (χ3v) is 5.08. The van der Waals surface area contributed by atoms with Crippen molar-refractivity contribution in [2.45, 2.75) is 63.8 Å². The van der Waals surface area contributed by atoms with E-state index < -0.39 is 24.0 Å². The molecule has 0 aromatic heterocycles. The highest BCUT2D eigenvalue weighted by Gasteiger charge is 2.50. The van der Waals surface area contributed by atoms with E-state index >= 15 is 0 Å². The molecule has 0 radical (unpaired) electrons. The molecule has 158 valence electrons. The summed E-state index contributed by atoms with van der Waals surface area (Å²) in [7, 11) is 0. The van der Waals surface area contributed by atoms with Crippen molar-refractivity contribution in [2.75, 3.05) is 13.2 Å². The quantitative estimate of drug-likeness (QED) is 0.392. The Balaban J connectivity index is 1.72. The minimum Gasteiger partial charge on any atom is -0.495 e. The van der Waals surface area contributed by atoms with Crippen LogP contribution in [0.15, 0.2) is 42.7 Å². The van der Waals surface area contributed by atoms with Gasteiger partial charge in [0.1, 0.15) is 23.6 Å². The van der Waals surface area contributed by atoms with Crippen molar-refractivity contribution in [2.24, 2.45) is 0 Å². The van der Waals surface area contributed by atoms with Gasteiger partial charge in [0.15, 0.2) is 6.29 Å². The van der Waals surface area contributed by atoms with E-state index in [2.05, 4.69) is 0 Å². The zero-order valence-corrected chi connectivity index (χ0v) is 17.0. The van der Waals surface area contributed by atoms with E-state index in [0.717, 1.165) is 5.56 Å². The molecule has 7 nitrogen and oxygen atoms in total. The number of hydrogen-bond donors (Lipinski definition) is 0. The number of ketones is 1. The Morgan fingerprint density at radius 1 is 1.24 bits per heavy atom. The Bertz CT molecular complexity index is 732. The van der Waals surface area contributed by atoms with Crippen molar-refractivity contribution >= 4 is 11.8 Å². The van der Waals surface area contributed by atoms with E-state index in [4.69, 9.17) is 23.7 Å². The minimum atomic E-state index is -0.849. The molecule has 0 bridgehead atoms. The summed E-state index contributed by atoms with van der Waals surface area (Å²) in [4.78, 5) is 23.4. The Labute approximate surface area is 170 Å². The van der Waals surface area contributed by atoms with Crippen LogP contribution in [0.5, 0.6) is 0 Å². The molecule has 0 aliphatic carbocycles. The number of carbonyl (C=O) groups is 2. The van der Waals surface area contributed by atoms with Crippen molar-refractivity contribution < 1.29 is 33.3 Å². The average Bonchev–Trinajstić information content (AvgIpc) is 2.68. The molecule has 7 heteroatoms. The number of hydrogen-bond acceptors (Lipinski definition) is 7. The standard InChI is InChI=1S/C22H28O7/c1-4-25-20(24)10-11-26-19-12-17-18(29-22(19,3)13-15(2)23)14-27-21(28-17)16-8-6-5-7-9-16/h5-11,17-19,21H,4,12-14H2,1-3H3/b11-10+/t17-,18+,19+,21+,22-/m0/s1. The fraction of sp³-hybridized carbons (Fsp3) is 0.545. The molecule has 5 atom stereocenters. The van der Waals surface area contributed by atoms with Gasteiger partial charge in [0.05, 0.1) is 31.7 Å².